The monoisotopic (exact) mass is 154 g/mol. The molecular formula is C6H8N3O2. The molecule has 0 aromatic carbocycles. The molecule has 0 atom stereocenters. The quantitative estimate of drug-likeness (QED) is 0.643. The predicted octanol–water partition coefficient (Wildman–Crippen LogP) is 0.605. The minimum absolute atomic E-state index is 0.380. The number of amides is 1. The zero-order valence-electron chi connectivity index (χ0n) is 6.07. The molecule has 0 spiro atoms. The molecule has 5 nitrogen and oxygen atoms in total. The van der Waals surface area contributed by atoms with Crippen LogP contribution >= 0.6 is 0 Å². The molecule has 1 aromatic rings. The number of nitrogens with zero attached hydrogens (tertiary/aromatic N) is 2. The topological polar surface area (TPSA) is 66.8 Å². The van der Waals surface area contributed by atoms with Gasteiger partial charge in [0.25, 0.3) is 5.88 Å². The van der Waals surface area contributed by atoms with Crippen LogP contribution in [-0.2, 0) is 5.11 Å². The van der Waals surface area contributed by atoms with Gasteiger partial charge in [-0.15, -0.1) is 5.10 Å². The average Bonchev–Trinajstić information content (AvgIpc) is 2.36. The van der Waals surface area contributed by atoms with Crippen molar-refractivity contribution in [3.63, 3.8) is 0 Å². The minimum atomic E-state index is -0.406. The Balaban J connectivity index is 2.69. The van der Waals surface area contributed by atoms with Gasteiger partial charge in [-0.2, -0.15) is 4.68 Å². The van der Waals surface area contributed by atoms with Crippen LogP contribution in [0.4, 0.5) is 4.79 Å². The summed E-state index contributed by atoms with van der Waals surface area (Å²) in [5.41, 5.74) is 0. The van der Waals surface area contributed by atoms with Crippen LogP contribution in [0.15, 0.2) is 12.3 Å². The van der Waals surface area contributed by atoms with Gasteiger partial charge in [-0.05, 0) is 6.92 Å². The third-order valence-corrected chi connectivity index (χ3v) is 1.10. The van der Waals surface area contributed by atoms with Crippen molar-refractivity contribution in [1.82, 2.24) is 15.1 Å². The van der Waals surface area contributed by atoms with Crippen LogP contribution in [0.1, 0.15) is 6.92 Å². The molecule has 0 unspecified atom stereocenters. The Kier molecular flexibility index (Phi) is 2.10. The standard InChI is InChI=1S/C6H8N3O2/c1-2-7-6(11)9-4-3-5(10)8-9/h3-4H,2H2,1H3,(H,7,11). The number of rotatable bonds is 1. The van der Waals surface area contributed by atoms with Crippen molar-refractivity contribution in [2.45, 2.75) is 6.92 Å². The molecule has 5 heteroatoms. The van der Waals surface area contributed by atoms with E-state index in [0.29, 0.717) is 6.54 Å². The highest BCUT2D eigenvalue weighted by Gasteiger charge is 2.04. The highest BCUT2D eigenvalue weighted by molar-refractivity contribution is 5.75. The second kappa shape index (κ2) is 3.05. The third kappa shape index (κ3) is 1.70. The van der Waals surface area contributed by atoms with E-state index in [0.717, 1.165) is 4.68 Å². The lowest BCUT2D eigenvalue weighted by molar-refractivity contribution is 0.238. The van der Waals surface area contributed by atoms with Crippen molar-refractivity contribution in [2.24, 2.45) is 0 Å². The molecule has 1 radical (unpaired) electrons. The van der Waals surface area contributed by atoms with E-state index in [1.54, 1.807) is 6.92 Å². The molecule has 0 saturated carbocycles. The molecule has 1 aromatic heterocycles. The maximum Gasteiger partial charge on any atom is 0.342 e. The number of hydrogen-bond acceptors (Lipinski definition) is 2. The van der Waals surface area contributed by atoms with Crippen LogP contribution in [0.2, 0.25) is 0 Å². The Morgan fingerprint density at radius 3 is 3.00 bits per heavy atom. The van der Waals surface area contributed by atoms with Crippen LogP contribution in [-0.4, -0.2) is 22.4 Å². The zero-order chi connectivity index (χ0) is 8.27. The fourth-order valence-corrected chi connectivity index (χ4v) is 0.653. The SMILES string of the molecule is CCNC(=O)n1ccc([O])n1. The molecule has 11 heavy (non-hydrogen) atoms. The van der Waals surface area contributed by atoms with Gasteiger partial charge in [0.1, 0.15) is 0 Å². The predicted molar refractivity (Wildman–Crippen MR) is 36.8 cm³/mol. The first-order valence-corrected chi connectivity index (χ1v) is 3.25. The van der Waals surface area contributed by atoms with E-state index < -0.39 is 5.88 Å². The number of nitrogens with one attached hydrogen (secondary N) is 1. The lowest BCUT2D eigenvalue weighted by atomic mass is 10.7. The Morgan fingerprint density at radius 2 is 2.55 bits per heavy atom. The number of aromatic nitrogens is 2. The summed E-state index contributed by atoms with van der Waals surface area (Å²) in [7, 11) is 0. The van der Waals surface area contributed by atoms with Gasteiger partial charge in [-0.1, -0.05) is 0 Å². The van der Waals surface area contributed by atoms with Crippen molar-refractivity contribution in [1.29, 1.82) is 0 Å². The molecule has 0 aliphatic carbocycles. The Morgan fingerprint density at radius 1 is 1.82 bits per heavy atom. The van der Waals surface area contributed by atoms with E-state index in [9.17, 15) is 9.90 Å². The van der Waals surface area contributed by atoms with Crippen molar-refractivity contribution in [2.75, 3.05) is 6.54 Å². The van der Waals surface area contributed by atoms with Gasteiger partial charge >= 0.3 is 6.03 Å². The van der Waals surface area contributed by atoms with Crippen molar-refractivity contribution >= 4 is 6.03 Å². The van der Waals surface area contributed by atoms with Crippen LogP contribution < -0.4 is 5.32 Å². The number of hydrogen-bond donors (Lipinski definition) is 1. The van der Waals surface area contributed by atoms with Gasteiger partial charge in [-0.3, -0.25) is 5.11 Å². The van der Waals surface area contributed by atoms with Crippen molar-refractivity contribution in [3.8, 4) is 5.88 Å². The fourth-order valence-electron chi connectivity index (χ4n) is 0.653. The Labute approximate surface area is 63.6 Å². The largest absolute Gasteiger partial charge is 0.342 e. The first kappa shape index (κ1) is 7.59. The molecule has 0 bridgehead atoms. The lowest BCUT2D eigenvalue weighted by Gasteiger charge is -1.98. The van der Waals surface area contributed by atoms with Crippen LogP contribution in [0.5, 0.6) is 5.88 Å². The first-order valence-electron chi connectivity index (χ1n) is 3.25. The smallest absolute Gasteiger partial charge is 0.336 e. The van der Waals surface area contributed by atoms with E-state index in [4.69, 9.17) is 0 Å². The van der Waals surface area contributed by atoms with E-state index in [2.05, 4.69) is 10.4 Å². The molecule has 0 aliphatic heterocycles. The van der Waals surface area contributed by atoms with E-state index >= 15 is 0 Å². The van der Waals surface area contributed by atoms with Gasteiger partial charge in [0.2, 0.25) is 0 Å². The molecule has 1 heterocycles. The van der Waals surface area contributed by atoms with E-state index in [1.165, 1.54) is 12.3 Å². The summed E-state index contributed by atoms with van der Waals surface area (Å²) in [4.78, 5) is 10.9. The molecule has 1 N–H and O–H groups in total. The van der Waals surface area contributed by atoms with Gasteiger partial charge in [0, 0.05) is 18.8 Å². The molecule has 59 valence electrons. The molecule has 1 amide bonds. The second-order valence-corrected chi connectivity index (χ2v) is 1.93. The molecule has 0 saturated heterocycles. The van der Waals surface area contributed by atoms with E-state index in [1.807, 2.05) is 0 Å². The van der Waals surface area contributed by atoms with Gasteiger partial charge < -0.3 is 5.32 Å². The molecule has 1 rings (SSSR count). The summed E-state index contributed by atoms with van der Waals surface area (Å²) in [6, 6.07) is 0.851. The van der Waals surface area contributed by atoms with Crippen LogP contribution in [0, 0.1) is 0 Å². The number of carbonyl (C=O) groups is 1. The molecular weight excluding hydrogens is 146 g/mol. The molecule has 0 aliphatic rings. The highest BCUT2D eigenvalue weighted by atomic mass is 16.3. The van der Waals surface area contributed by atoms with Crippen LogP contribution in [0.25, 0.3) is 0 Å². The van der Waals surface area contributed by atoms with Gasteiger partial charge in [-0.25, -0.2) is 4.79 Å². The summed E-state index contributed by atoms with van der Waals surface area (Å²) in [6.45, 7) is 2.31. The third-order valence-electron chi connectivity index (χ3n) is 1.10. The lowest BCUT2D eigenvalue weighted by Crippen LogP contribution is -2.28. The summed E-state index contributed by atoms with van der Waals surface area (Å²) >= 11 is 0. The summed E-state index contributed by atoms with van der Waals surface area (Å²) < 4.78 is 0.978. The van der Waals surface area contributed by atoms with E-state index in [-0.39, 0.29) is 6.03 Å². The second-order valence-electron chi connectivity index (χ2n) is 1.93. The summed E-state index contributed by atoms with van der Waals surface area (Å²) in [6.07, 6.45) is 1.33. The Hall–Kier alpha value is -1.52. The molecule has 0 fully saturated rings. The highest BCUT2D eigenvalue weighted by Crippen LogP contribution is 2.01. The van der Waals surface area contributed by atoms with Crippen molar-refractivity contribution < 1.29 is 9.90 Å². The fraction of sp³-hybridized carbons (Fsp3) is 0.333. The van der Waals surface area contributed by atoms with Gasteiger partial charge in [0.15, 0.2) is 0 Å². The normalized spacial score (nSPS) is 9.55. The van der Waals surface area contributed by atoms with Gasteiger partial charge in [0.05, 0.1) is 0 Å². The average molecular weight is 154 g/mol. The maximum absolute atomic E-state index is 10.9. The number of carbonyl (C=O) groups excluding carboxylic acids is 1. The maximum atomic E-state index is 10.9. The van der Waals surface area contributed by atoms with Crippen LogP contribution in [0.3, 0.4) is 0 Å². The first-order chi connectivity index (χ1) is 5.24. The Bertz CT molecular complexity index is 256. The zero-order valence-corrected chi connectivity index (χ0v) is 6.07. The summed E-state index contributed by atoms with van der Waals surface area (Å²) in [5.74, 6) is -0.406. The summed E-state index contributed by atoms with van der Waals surface area (Å²) in [5, 5.41) is 16.4. The minimum Gasteiger partial charge on any atom is -0.336 e. The van der Waals surface area contributed by atoms with Crippen molar-refractivity contribution in [3.05, 3.63) is 12.3 Å².